The van der Waals surface area contributed by atoms with E-state index in [1.54, 1.807) is 6.07 Å². The zero-order chi connectivity index (χ0) is 22.8. The fourth-order valence-corrected chi connectivity index (χ4v) is 3.99. The lowest BCUT2D eigenvalue weighted by Crippen LogP contribution is -2.27. The van der Waals surface area contributed by atoms with Gasteiger partial charge in [0, 0.05) is 18.7 Å². The number of fused-ring (bicyclic) bond motifs is 2. The second-order valence-electron chi connectivity index (χ2n) is 7.79. The Morgan fingerprint density at radius 3 is 2.79 bits per heavy atom. The molecule has 2 N–H and O–H groups in total. The predicted octanol–water partition coefficient (Wildman–Crippen LogP) is 3.75. The van der Waals surface area contributed by atoms with Gasteiger partial charge in [-0.05, 0) is 49.5 Å². The van der Waals surface area contributed by atoms with Crippen molar-refractivity contribution in [2.75, 3.05) is 31.7 Å². The van der Waals surface area contributed by atoms with Crippen LogP contribution < -0.4 is 14.8 Å². The average molecular weight is 447 g/mol. The third-order valence-electron chi connectivity index (χ3n) is 5.90. The fourth-order valence-electron chi connectivity index (χ4n) is 3.99. The first-order valence-corrected chi connectivity index (χ1v) is 11.1. The number of nitrogens with zero attached hydrogens (tertiary/aromatic N) is 4. The molecule has 9 heteroatoms. The van der Waals surface area contributed by atoms with Crippen LogP contribution in [-0.2, 0) is 6.54 Å². The fraction of sp³-hybridized carbons (Fsp3) is 0.292. The Labute approximate surface area is 191 Å². The van der Waals surface area contributed by atoms with Crippen molar-refractivity contribution in [2.45, 2.75) is 20.4 Å². The Hall–Kier alpha value is -3.85. The van der Waals surface area contributed by atoms with Gasteiger partial charge in [0.2, 0.25) is 12.7 Å². The highest BCUT2D eigenvalue weighted by Gasteiger charge is 2.19. The Kier molecular flexibility index (Phi) is 5.70. The van der Waals surface area contributed by atoms with Crippen LogP contribution in [0, 0.1) is 0 Å². The molecule has 3 heterocycles. The summed E-state index contributed by atoms with van der Waals surface area (Å²) in [4.78, 5) is 20.0. The number of nitrogens with one attached hydrogen (secondary N) is 2. The number of rotatable bonds is 8. The molecule has 0 saturated carbocycles. The SMILES string of the molecule is CCN(CC)CCn1c(NC(=O)c2cc(-c3ccc4c(c3)OCO4)n[nH]2)nc2ccccc21. The molecule has 9 nitrogen and oxygen atoms in total. The third-order valence-corrected chi connectivity index (χ3v) is 5.90. The highest BCUT2D eigenvalue weighted by Crippen LogP contribution is 2.35. The van der Waals surface area contributed by atoms with Gasteiger partial charge in [-0.15, -0.1) is 0 Å². The lowest BCUT2D eigenvalue weighted by atomic mass is 10.1. The zero-order valence-electron chi connectivity index (χ0n) is 18.7. The molecule has 2 aromatic heterocycles. The van der Waals surface area contributed by atoms with Crippen molar-refractivity contribution in [1.82, 2.24) is 24.6 Å². The molecule has 5 rings (SSSR count). The molecule has 2 aromatic carbocycles. The van der Waals surface area contributed by atoms with Gasteiger partial charge in [-0.25, -0.2) is 4.98 Å². The molecular formula is C24H26N6O3. The molecule has 33 heavy (non-hydrogen) atoms. The second kappa shape index (κ2) is 8.95. The maximum absolute atomic E-state index is 13.0. The number of hydrogen-bond donors (Lipinski definition) is 2. The highest BCUT2D eigenvalue weighted by atomic mass is 16.7. The van der Waals surface area contributed by atoms with Gasteiger partial charge in [0.25, 0.3) is 5.91 Å². The molecule has 0 aliphatic carbocycles. The van der Waals surface area contributed by atoms with Crippen molar-refractivity contribution in [3.8, 4) is 22.8 Å². The van der Waals surface area contributed by atoms with Crippen molar-refractivity contribution >= 4 is 22.9 Å². The van der Waals surface area contributed by atoms with Gasteiger partial charge >= 0.3 is 0 Å². The maximum Gasteiger partial charge on any atom is 0.275 e. The number of anilines is 1. The van der Waals surface area contributed by atoms with E-state index in [1.165, 1.54) is 0 Å². The number of amides is 1. The number of para-hydroxylation sites is 2. The third kappa shape index (κ3) is 4.14. The minimum absolute atomic E-state index is 0.211. The Balaban J connectivity index is 1.38. The summed E-state index contributed by atoms with van der Waals surface area (Å²) in [5.41, 5.74) is 3.67. The minimum atomic E-state index is -0.297. The summed E-state index contributed by atoms with van der Waals surface area (Å²) in [6.45, 7) is 8.05. The summed E-state index contributed by atoms with van der Waals surface area (Å²) in [5, 5.41) is 10.1. The van der Waals surface area contributed by atoms with Crippen molar-refractivity contribution in [1.29, 1.82) is 0 Å². The van der Waals surface area contributed by atoms with Crippen molar-refractivity contribution in [3.63, 3.8) is 0 Å². The van der Waals surface area contributed by atoms with Gasteiger partial charge in [-0.3, -0.25) is 15.2 Å². The van der Waals surface area contributed by atoms with Gasteiger partial charge in [0.05, 0.1) is 16.7 Å². The summed E-state index contributed by atoms with van der Waals surface area (Å²) < 4.78 is 12.9. The number of H-pyrrole nitrogens is 1. The summed E-state index contributed by atoms with van der Waals surface area (Å²) in [5.74, 6) is 1.60. The lowest BCUT2D eigenvalue weighted by molar-refractivity contribution is 0.102. The maximum atomic E-state index is 13.0. The van der Waals surface area contributed by atoms with E-state index < -0.39 is 0 Å². The van der Waals surface area contributed by atoms with Gasteiger partial charge in [-0.1, -0.05) is 26.0 Å². The topological polar surface area (TPSA) is 97.3 Å². The van der Waals surface area contributed by atoms with Crippen LogP contribution in [0.15, 0.2) is 48.5 Å². The molecule has 4 aromatic rings. The highest BCUT2D eigenvalue weighted by molar-refractivity contribution is 6.03. The quantitative estimate of drug-likeness (QED) is 0.428. The number of aromatic amines is 1. The van der Waals surface area contributed by atoms with E-state index >= 15 is 0 Å². The monoisotopic (exact) mass is 446 g/mol. The molecule has 1 amide bonds. The van der Waals surface area contributed by atoms with Crippen LogP contribution >= 0.6 is 0 Å². The van der Waals surface area contributed by atoms with Gasteiger partial charge in [0.15, 0.2) is 11.5 Å². The van der Waals surface area contributed by atoms with E-state index in [0.717, 1.165) is 42.8 Å². The van der Waals surface area contributed by atoms with Gasteiger partial charge in [-0.2, -0.15) is 5.10 Å². The number of likely N-dealkylation sites (N-methyl/N-ethyl adjacent to an activating group) is 1. The van der Waals surface area contributed by atoms with Crippen molar-refractivity contribution in [3.05, 3.63) is 54.2 Å². The zero-order valence-corrected chi connectivity index (χ0v) is 18.7. The average Bonchev–Trinajstić information content (AvgIpc) is 3.58. The van der Waals surface area contributed by atoms with Crippen LogP contribution in [0.4, 0.5) is 5.95 Å². The van der Waals surface area contributed by atoms with E-state index in [0.29, 0.717) is 28.8 Å². The number of aromatic nitrogens is 4. The number of carbonyl (C=O) groups excluding carboxylic acids is 1. The van der Waals surface area contributed by atoms with Crippen molar-refractivity contribution in [2.24, 2.45) is 0 Å². The van der Waals surface area contributed by atoms with Crippen LogP contribution in [-0.4, -0.2) is 57.0 Å². The molecule has 0 fully saturated rings. The van der Waals surface area contributed by atoms with Crippen LogP contribution in [0.2, 0.25) is 0 Å². The molecule has 1 aliphatic rings. The van der Waals surface area contributed by atoms with E-state index in [2.05, 4.69) is 43.8 Å². The summed E-state index contributed by atoms with van der Waals surface area (Å²) in [7, 11) is 0. The molecular weight excluding hydrogens is 420 g/mol. The minimum Gasteiger partial charge on any atom is -0.454 e. The number of ether oxygens (including phenoxy) is 2. The first-order chi connectivity index (χ1) is 16.2. The van der Waals surface area contributed by atoms with Gasteiger partial charge in [0.1, 0.15) is 5.69 Å². The molecule has 0 saturated heterocycles. The van der Waals surface area contributed by atoms with Crippen LogP contribution in [0.1, 0.15) is 24.3 Å². The smallest absolute Gasteiger partial charge is 0.275 e. The number of imidazole rings is 1. The standard InChI is InChI=1S/C24H26N6O3/c1-3-29(4-2)11-12-30-20-8-6-5-7-17(20)25-24(30)26-23(31)19-14-18(27-28-19)16-9-10-21-22(13-16)33-15-32-21/h5-10,13-14H,3-4,11-12,15H2,1-2H3,(H,27,28)(H,25,26,31). The molecule has 0 spiro atoms. The molecule has 1 aliphatic heterocycles. The molecule has 0 bridgehead atoms. The number of carbonyl (C=O) groups is 1. The largest absolute Gasteiger partial charge is 0.454 e. The molecule has 0 unspecified atom stereocenters. The van der Waals surface area contributed by atoms with Crippen LogP contribution in [0.25, 0.3) is 22.3 Å². The molecule has 0 atom stereocenters. The van der Waals surface area contributed by atoms with Crippen LogP contribution in [0.3, 0.4) is 0 Å². The first-order valence-electron chi connectivity index (χ1n) is 11.1. The van der Waals surface area contributed by atoms with Crippen molar-refractivity contribution < 1.29 is 14.3 Å². The molecule has 170 valence electrons. The molecule has 0 radical (unpaired) electrons. The number of hydrogen-bond acceptors (Lipinski definition) is 6. The van der Waals surface area contributed by atoms with Gasteiger partial charge < -0.3 is 18.9 Å². The Bertz CT molecular complexity index is 1290. The Morgan fingerprint density at radius 1 is 1.12 bits per heavy atom. The first kappa shape index (κ1) is 21.0. The number of benzene rings is 2. The van der Waals surface area contributed by atoms with Crippen LogP contribution in [0.5, 0.6) is 11.5 Å². The van der Waals surface area contributed by atoms with E-state index in [-0.39, 0.29) is 12.7 Å². The lowest BCUT2D eigenvalue weighted by Gasteiger charge is -2.19. The predicted molar refractivity (Wildman–Crippen MR) is 126 cm³/mol. The van der Waals surface area contributed by atoms with E-state index in [9.17, 15) is 4.79 Å². The summed E-state index contributed by atoms with van der Waals surface area (Å²) in [6.07, 6.45) is 0. The summed E-state index contributed by atoms with van der Waals surface area (Å²) in [6, 6.07) is 15.2. The summed E-state index contributed by atoms with van der Waals surface area (Å²) >= 11 is 0. The van der Waals surface area contributed by atoms with E-state index in [1.807, 2.05) is 42.5 Å². The van der Waals surface area contributed by atoms with E-state index in [4.69, 9.17) is 9.47 Å². The Morgan fingerprint density at radius 2 is 1.94 bits per heavy atom. The normalized spacial score (nSPS) is 12.6. The second-order valence-corrected chi connectivity index (χ2v) is 7.79.